The van der Waals surface area contributed by atoms with Crippen molar-refractivity contribution < 1.29 is 9.53 Å². The summed E-state index contributed by atoms with van der Waals surface area (Å²) in [5, 5.41) is 0. The summed E-state index contributed by atoms with van der Waals surface area (Å²) in [5.74, 6) is 0.893. The van der Waals surface area contributed by atoms with Crippen molar-refractivity contribution in [3.05, 3.63) is 0 Å². The number of hydrogen-bond donors (Lipinski definition) is 0. The Morgan fingerprint density at radius 1 is 0.500 bits per heavy atom. The van der Waals surface area contributed by atoms with E-state index in [0.717, 1.165) is 18.8 Å². The van der Waals surface area contributed by atoms with Crippen molar-refractivity contribution in [1.82, 2.24) is 0 Å². The molecule has 0 spiro atoms. The number of esters is 1. The number of unbranched alkanes of at least 4 members (excludes halogenated alkanes) is 22. The molecule has 2 nitrogen and oxygen atoms in total. The molecule has 0 aliphatic rings. The lowest BCUT2D eigenvalue weighted by Gasteiger charge is -2.06. The Morgan fingerprint density at radius 2 is 0.853 bits per heavy atom. The number of carbonyl (C=O) groups excluding carboxylic acids is 1. The average Bonchev–Trinajstić information content (AvgIpc) is 2.82. The Labute approximate surface area is 215 Å². The Balaban J connectivity index is 3.15. The first-order valence-electron chi connectivity index (χ1n) is 15.8. The normalized spacial score (nSPS) is 11.4. The molecule has 0 amide bonds. The summed E-state index contributed by atoms with van der Waals surface area (Å²) >= 11 is 0. The first kappa shape index (κ1) is 33.5. The lowest BCUT2D eigenvalue weighted by atomic mass is 10.0. The predicted octanol–water partition coefficient (Wildman–Crippen LogP) is 11.3. The fraction of sp³-hybridized carbons (Fsp3) is 0.969. The number of ether oxygens (including phenoxy) is 1. The van der Waals surface area contributed by atoms with Crippen LogP contribution in [0.25, 0.3) is 0 Å². The zero-order chi connectivity index (χ0) is 25.0. The lowest BCUT2D eigenvalue weighted by Crippen LogP contribution is -2.05. The predicted molar refractivity (Wildman–Crippen MR) is 152 cm³/mol. The summed E-state index contributed by atoms with van der Waals surface area (Å²) in [6.07, 6.45) is 34.3. The molecule has 204 valence electrons. The molecule has 0 rings (SSSR count). The third-order valence-electron chi connectivity index (χ3n) is 7.17. The minimum atomic E-state index is 0.0245. The quantitative estimate of drug-likeness (QED) is 0.0821. The molecule has 0 radical (unpaired) electrons. The number of rotatable bonds is 28. The molecule has 0 N–H and O–H groups in total. The lowest BCUT2D eigenvalue weighted by molar-refractivity contribution is -0.143. The minimum absolute atomic E-state index is 0.0245. The molecule has 0 aromatic heterocycles. The zero-order valence-electron chi connectivity index (χ0n) is 24.0. The van der Waals surface area contributed by atoms with Crippen LogP contribution < -0.4 is 0 Å². The second-order valence-electron chi connectivity index (χ2n) is 11.3. The van der Waals surface area contributed by atoms with Crippen molar-refractivity contribution in [3.63, 3.8) is 0 Å². The van der Waals surface area contributed by atoms with Crippen molar-refractivity contribution in [1.29, 1.82) is 0 Å². The average molecular weight is 481 g/mol. The summed E-state index contributed by atoms with van der Waals surface area (Å²) in [4.78, 5) is 11.9. The Hall–Kier alpha value is -0.530. The van der Waals surface area contributed by atoms with Crippen molar-refractivity contribution in [2.75, 3.05) is 6.61 Å². The molecule has 0 aliphatic carbocycles. The fourth-order valence-electron chi connectivity index (χ4n) is 4.79. The van der Waals surface area contributed by atoms with Crippen LogP contribution in [0.1, 0.15) is 188 Å². The molecule has 0 saturated carbocycles. The van der Waals surface area contributed by atoms with E-state index in [9.17, 15) is 4.79 Å². The van der Waals surface area contributed by atoms with Crippen molar-refractivity contribution in [2.45, 2.75) is 188 Å². The highest BCUT2D eigenvalue weighted by molar-refractivity contribution is 5.69. The van der Waals surface area contributed by atoms with Gasteiger partial charge in [-0.1, -0.05) is 168 Å². The molecule has 0 aliphatic heterocycles. The van der Waals surface area contributed by atoms with Gasteiger partial charge in [-0.05, 0) is 18.8 Å². The van der Waals surface area contributed by atoms with Crippen LogP contribution in [0.5, 0.6) is 0 Å². The van der Waals surface area contributed by atoms with Gasteiger partial charge in [-0.3, -0.25) is 4.79 Å². The van der Waals surface area contributed by atoms with Gasteiger partial charge in [-0.2, -0.15) is 0 Å². The molecular weight excluding hydrogens is 416 g/mol. The maximum absolute atomic E-state index is 11.9. The van der Waals surface area contributed by atoms with E-state index in [0.29, 0.717) is 13.0 Å². The number of carbonyl (C=O) groups is 1. The number of hydrogen-bond acceptors (Lipinski definition) is 2. The maximum atomic E-state index is 11.9. The Kier molecular flexibility index (Phi) is 28.3. The van der Waals surface area contributed by atoms with Crippen LogP contribution in [0.4, 0.5) is 0 Å². The van der Waals surface area contributed by atoms with Gasteiger partial charge in [0.25, 0.3) is 0 Å². The largest absolute Gasteiger partial charge is 0.466 e. The highest BCUT2D eigenvalue weighted by atomic mass is 16.5. The fourth-order valence-corrected chi connectivity index (χ4v) is 4.79. The SMILES string of the molecule is CCCCCCCCCCCCCCCC(=O)OCCCCCCCCCCCCCC(C)C. The topological polar surface area (TPSA) is 26.3 Å². The Morgan fingerprint density at radius 3 is 1.26 bits per heavy atom. The molecule has 0 atom stereocenters. The van der Waals surface area contributed by atoms with Crippen LogP contribution in [-0.4, -0.2) is 12.6 Å². The molecule has 0 aromatic rings. The smallest absolute Gasteiger partial charge is 0.305 e. The molecule has 34 heavy (non-hydrogen) atoms. The van der Waals surface area contributed by atoms with Crippen molar-refractivity contribution in [3.8, 4) is 0 Å². The maximum Gasteiger partial charge on any atom is 0.305 e. The molecule has 2 heteroatoms. The first-order valence-corrected chi connectivity index (χ1v) is 15.8. The highest BCUT2D eigenvalue weighted by Crippen LogP contribution is 2.15. The summed E-state index contributed by atoms with van der Waals surface area (Å²) in [6, 6.07) is 0. The summed E-state index contributed by atoms with van der Waals surface area (Å²) < 4.78 is 5.42. The third-order valence-corrected chi connectivity index (χ3v) is 7.17. The van der Waals surface area contributed by atoms with Gasteiger partial charge in [0.15, 0.2) is 0 Å². The van der Waals surface area contributed by atoms with Crippen LogP contribution in [0.3, 0.4) is 0 Å². The third kappa shape index (κ3) is 29.5. The van der Waals surface area contributed by atoms with E-state index < -0.39 is 0 Å². The molecule has 0 aromatic carbocycles. The van der Waals surface area contributed by atoms with Gasteiger partial charge in [0.2, 0.25) is 0 Å². The van der Waals surface area contributed by atoms with E-state index in [4.69, 9.17) is 4.74 Å². The van der Waals surface area contributed by atoms with Gasteiger partial charge in [-0.25, -0.2) is 0 Å². The molecular formula is C32H64O2. The Bertz CT molecular complexity index is 390. The van der Waals surface area contributed by atoms with Crippen LogP contribution in [0.15, 0.2) is 0 Å². The molecule has 0 bridgehead atoms. The van der Waals surface area contributed by atoms with E-state index in [-0.39, 0.29) is 5.97 Å². The summed E-state index contributed by atoms with van der Waals surface area (Å²) in [5.41, 5.74) is 0. The van der Waals surface area contributed by atoms with E-state index in [1.54, 1.807) is 0 Å². The highest BCUT2D eigenvalue weighted by Gasteiger charge is 2.03. The summed E-state index contributed by atoms with van der Waals surface area (Å²) in [6.45, 7) is 7.56. The van der Waals surface area contributed by atoms with Crippen molar-refractivity contribution >= 4 is 5.97 Å². The van der Waals surface area contributed by atoms with Gasteiger partial charge in [0.05, 0.1) is 6.61 Å². The van der Waals surface area contributed by atoms with E-state index >= 15 is 0 Å². The molecule has 0 unspecified atom stereocenters. The van der Waals surface area contributed by atoms with E-state index in [2.05, 4.69) is 20.8 Å². The van der Waals surface area contributed by atoms with Crippen LogP contribution in [0.2, 0.25) is 0 Å². The molecule has 0 heterocycles. The summed E-state index contributed by atoms with van der Waals surface area (Å²) in [7, 11) is 0. The molecule has 0 fully saturated rings. The van der Waals surface area contributed by atoms with Gasteiger partial charge in [-0.15, -0.1) is 0 Å². The van der Waals surface area contributed by atoms with Crippen LogP contribution >= 0.6 is 0 Å². The monoisotopic (exact) mass is 480 g/mol. The van der Waals surface area contributed by atoms with E-state index in [1.807, 2.05) is 0 Å². The van der Waals surface area contributed by atoms with Gasteiger partial charge in [0, 0.05) is 6.42 Å². The van der Waals surface area contributed by atoms with Crippen LogP contribution in [0, 0.1) is 5.92 Å². The van der Waals surface area contributed by atoms with Crippen molar-refractivity contribution in [2.24, 2.45) is 5.92 Å². The van der Waals surface area contributed by atoms with E-state index in [1.165, 1.54) is 148 Å². The second kappa shape index (κ2) is 28.7. The van der Waals surface area contributed by atoms with Gasteiger partial charge < -0.3 is 4.74 Å². The zero-order valence-corrected chi connectivity index (χ0v) is 24.0. The van der Waals surface area contributed by atoms with Gasteiger partial charge in [0.1, 0.15) is 0 Å². The van der Waals surface area contributed by atoms with Crippen LogP contribution in [-0.2, 0) is 9.53 Å². The minimum Gasteiger partial charge on any atom is -0.466 e. The molecule has 0 saturated heterocycles. The standard InChI is InChI=1S/C32H64O2/c1-4-5-6-7-8-9-10-11-14-17-20-23-26-29-32(33)34-30-27-24-21-18-15-12-13-16-19-22-25-28-31(2)3/h31H,4-30H2,1-3H3. The first-order chi connectivity index (χ1) is 16.7. The van der Waals surface area contributed by atoms with Gasteiger partial charge >= 0.3 is 5.97 Å². The second-order valence-corrected chi connectivity index (χ2v) is 11.3.